The fourth-order valence-corrected chi connectivity index (χ4v) is 1.20. The highest BCUT2D eigenvalue weighted by Crippen LogP contribution is 2.19. The van der Waals surface area contributed by atoms with Gasteiger partial charge in [0, 0.05) is 6.42 Å². The molecule has 0 heterocycles. The van der Waals surface area contributed by atoms with Gasteiger partial charge in [-0.2, -0.15) is 18.4 Å². The molecule has 0 bridgehead atoms. The molecule has 0 aliphatic carbocycles. The standard InChI is InChI=1S/C11H8F3NO/c12-11(13,14)10(16)5-4-8-2-1-3-9(6-8)7-15/h1-3,6H,4-5H2. The van der Waals surface area contributed by atoms with Gasteiger partial charge in [-0.15, -0.1) is 0 Å². The van der Waals surface area contributed by atoms with E-state index in [0.29, 0.717) is 11.1 Å². The molecule has 84 valence electrons. The van der Waals surface area contributed by atoms with Gasteiger partial charge in [0.25, 0.3) is 0 Å². The molecule has 0 aliphatic rings. The van der Waals surface area contributed by atoms with Crippen LogP contribution in [0.1, 0.15) is 17.5 Å². The lowest BCUT2D eigenvalue weighted by atomic mass is 10.1. The summed E-state index contributed by atoms with van der Waals surface area (Å²) < 4.78 is 35.7. The third kappa shape index (κ3) is 3.39. The van der Waals surface area contributed by atoms with Crippen LogP contribution in [0.15, 0.2) is 24.3 Å². The molecule has 1 rings (SSSR count). The van der Waals surface area contributed by atoms with Gasteiger partial charge < -0.3 is 0 Å². The maximum absolute atomic E-state index is 11.9. The van der Waals surface area contributed by atoms with Crippen LogP contribution in [-0.4, -0.2) is 12.0 Å². The van der Waals surface area contributed by atoms with Crippen LogP contribution in [-0.2, 0) is 11.2 Å². The fraction of sp³-hybridized carbons (Fsp3) is 0.273. The van der Waals surface area contributed by atoms with E-state index in [2.05, 4.69) is 0 Å². The van der Waals surface area contributed by atoms with Crippen LogP contribution in [0.3, 0.4) is 0 Å². The summed E-state index contributed by atoms with van der Waals surface area (Å²) in [5, 5.41) is 8.57. The zero-order chi connectivity index (χ0) is 12.2. The first-order valence-electron chi connectivity index (χ1n) is 4.52. The number of alkyl halides is 3. The summed E-state index contributed by atoms with van der Waals surface area (Å²) in [6.07, 6.45) is -5.36. The van der Waals surface area contributed by atoms with Crippen molar-refractivity contribution in [2.45, 2.75) is 19.0 Å². The summed E-state index contributed by atoms with van der Waals surface area (Å²) in [7, 11) is 0. The number of rotatable bonds is 3. The van der Waals surface area contributed by atoms with Crippen LogP contribution in [0.25, 0.3) is 0 Å². The quantitative estimate of drug-likeness (QED) is 0.796. The van der Waals surface area contributed by atoms with E-state index in [1.54, 1.807) is 18.2 Å². The highest BCUT2D eigenvalue weighted by Gasteiger charge is 2.37. The van der Waals surface area contributed by atoms with Crippen LogP contribution in [0.5, 0.6) is 0 Å². The summed E-state index contributed by atoms with van der Waals surface area (Å²) in [6.45, 7) is 0. The van der Waals surface area contributed by atoms with Crippen molar-refractivity contribution in [3.05, 3.63) is 35.4 Å². The van der Waals surface area contributed by atoms with Crippen LogP contribution < -0.4 is 0 Å². The Bertz CT molecular complexity index is 432. The third-order valence-electron chi connectivity index (χ3n) is 2.01. The average Bonchev–Trinajstić information content (AvgIpc) is 2.25. The number of benzene rings is 1. The summed E-state index contributed by atoms with van der Waals surface area (Å²) >= 11 is 0. The molecule has 5 heteroatoms. The first-order chi connectivity index (χ1) is 7.43. The molecule has 1 aromatic carbocycles. The number of carbonyl (C=O) groups is 1. The zero-order valence-electron chi connectivity index (χ0n) is 8.21. The van der Waals surface area contributed by atoms with Crippen molar-refractivity contribution in [2.75, 3.05) is 0 Å². The number of halogens is 3. The van der Waals surface area contributed by atoms with Gasteiger partial charge in [0.1, 0.15) is 0 Å². The second-order valence-corrected chi connectivity index (χ2v) is 3.23. The van der Waals surface area contributed by atoms with Crippen molar-refractivity contribution in [1.29, 1.82) is 5.26 Å². The highest BCUT2D eigenvalue weighted by molar-refractivity contribution is 5.84. The van der Waals surface area contributed by atoms with E-state index < -0.39 is 18.4 Å². The average molecular weight is 227 g/mol. The number of aryl methyl sites for hydroxylation is 1. The second-order valence-electron chi connectivity index (χ2n) is 3.23. The van der Waals surface area contributed by atoms with Gasteiger partial charge in [0.05, 0.1) is 11.6 Å². The van der Waals surface area contributed by atoms with Crippen molar-refractivity contribution in [3.8, 4) is 6.07 Å². The molecular weight excluding hydrogens is 219 g/mol. The molecule has 0 saturated heterocycles. The van der Waals surface area contributed by atoms with Crippen LogP contribution in [0.4, 0.5) is 13.2 Å². The molecule has 0 spiro atoms. The SMILES string of the molecule is N#Cc1cccc(CCC(=O)C(F)(F)F)c1. The Labute approximate surface area is 90.3 Å². The van der Waals surface area contributed by atoms with E-state index in [1.165, 1.54) is 6.07 Å². The van der Waals surface area contributed by atoms with Crippen LogP contribution >= 0.6 is 0 Å². The van der Waals surface area contributed by atoms with E-state index in [1.807, 2.05) is 6.07 Å². The van der Waals surface area contributed by atoms with Gasteiger partial charge in [-0.25, -0.2) is 0 Å². The predicted molar refractivity (Wildman–Crippen MR) is 50.5 cm³/mol. The van der Waals surface area contributed by atoms with E-state index in [4.69, 9.17) is 5.26 Å². The molecule has 0 N–H and O–H groups in total. The van der Waals surface area contributed by atoms with E-state index in [-0.39, 0.29) is 6.42 Å². The lowest BCUT2D eigenvalue weighted by molar-refractivity contribution is -0.171. The Hall–Kier alpha value is -1.83. The molecule has 0 fully saturated rings. The van der Waals surface area contributed by atoms with Crippen molar-refractivity contribution < 1.29 is 18.0 Å². The summed E-state index contributed by atoms with van der Waals surface area (Å²) in [5.41, 5.74) is 0.925. The normalized spacial score (nSPS) is 10.9. The third-order valence-corrected chi connectivity index (χ3v) is 2.01. The van der Waals surface area contributed by atoms with Gasteiger partial charge in [-0.05, 0) is 24.1 Å². The number of carbonyl (C=O) groups excluding carboxylic acids is 1. The van der Waals surface area contributed by atoms with Gasteiger partial charge in [0.2, 0.25) is 5.78 Å². The monoisotopic (exact) mass is 227 g/mol. The number of hydrogen-bond donors (Lipinski definition) is 0. The second kappa shape index (κ2) is 4.79. The Morgan fingerprint density at radius 3 is 2.62 bits per heavy atom. The Balaban J connectivity index is 2.62. The van der Waals surface area contributed by atoms with Crippen molar-refractivity contribution in [1.82, 2.24) is 0 Å². The maximum Gasteiger partial charge on any atom is 0.449 e. The molecule has 0 aliphatic heterocycles. The minimum Gasteiger partial charge on any atom is -0.290 e. The summed E-state index contributed by atoms with van der Waals surface area (Å²) in [4.78, 5) is 10.6. The predicted octanol–water partition coefficient (Wildman–Crippen LogP) is 2.62. The topological polar surface area (TPSA) is 40.9 Å². The van der Waals surface area contributed by atoms with Crippen molar-refractivity contribution >= 4 is 5.78 Å². The van der Waals surface area contributed by atoms with Gasteiger partial charge in [-0.3, -0.25) is 4.79 Å². The maximum atomic E-state index is 11.9. The molecule has 16 heavy (non-hydrogen) atoms. The number of nitriles is 1. The lowest BCUT2D eigenvalue weighted by Gasteiger charge is -2.04. The molecule has 0 unspecified atom stereocenters. The molecule has 1 aromatic rings. The Morgan fingerprint density at radius 1 is 1.38 bits per heavy atom. The first kappa shape index (κ1) is 12.2. The van der Waals surface area contributed by atoms with Crippen molar-refractivity contribution in [2.24, 2.45) is 0 Å². The lowest BCUT2D eigenvalue weighted by Crippen LogP contribution is -2.22. The first-order valence-corrected chi connectivity index (χ1v) is 4.52. The molecule has 0 atom stereocenters. The van der Waals surface area contributed by atoms with Gasteiger partial charge in [-0.1, -0.05) is 12.1 Å². The minimum atomic E-state index is -4.77. The number of ketones is 1. The Kier molecular flexibility index (Phi) is 3.67. The molecule has 2 nitrogen and oxygen atoms in total. The van der Waals surface area contributed by atoms with Gasteiger partial charge in [0.15, 0.2) is 0 Å². The summed E-state index contributed by atoms with van der Waals surface area (Å²) in [6, 6.07) is 8.07. The number of Topliss-reactive ketones (excluding diaryl/α,β-unsaturated/α-hetero) is 1. The molecule has 0 radical (unpaired) electrons. The van der Waals surface area contributed by atoms with Crippen LogP contribution in [0, 0.1) is 11.3 Å². The highest BCUT2D eigenvalue weighted by atomic mass is 19.4. The molecule has 0 aromatic heterocycles. The van der Waals surface area contributed by atoms with Crippen molar-refractivity contribution in [3.63, 3.8) is 0 Å². The largest absolute Gasteiger partial charge is 0.449 e. The smallest absolute Gasteiger partial charge is 0.290 e. The van der Waals surface area contributed by atoms with Gasteiger partial charge >= 0.3 is 6.18 Å². The zero-order valence-corrected chi connectivity index (χ0v) is 8.21. The number of nitrogens with zero attached hydrogens (tertiary/aromatic N) is 1. The molecule has 0 amide bonds. The van der Waals surface area contributed by atoms with E-state index >= 15 is 0 Å². The molecular formula is C11H8F3NO. The van der Waals surface area contributed by atoms with Crippen LogP contribution in [0.2, 0.25) is 0 Å². The molecule has 0 saturated carbocycles. The van der Waals surface area contributed by atoms with E-state index in [0.717, 1.165) is 0 Å². The minimum absolute atomic E-state index is 0.00609. The van der Waals surface area contributed by atoms with E-state index in [9.17, 15) is 18.0 Å². The summed E-state index contributed by atoms with van der Waals surface area (Å²) in [5.74, 6) is -1.74. The number of hydrogen-bond acceptors (Lipinski definition) is 2. The fourth-order valence-electron chi connectivity index (χ4n) is 1.20. The Morgan fingerprint density at radius 2 is 2.06 bits per heavy atom.